The molecular weight excluding hydrogens is 340 g/mol. The minimum atomic E-state index is -0.0770. The van der Waals surface area contributed by atoms with Crippen LogP contribution in [0.4, 0.5) is 11.4 Å². The second kappa shape index (κ2) is 8.07. The van der Waals surface area contributed by atoms with Gasteiger partial charge >= 0.3 is 0 Å². The molecule has 0 radical (unpaired) electrons. The van der Waals surface area contributed by atoms with Gasteiger partial charge in [0.15, 0.2) is 5.78 Å². The van der Waals surface area contributed by atoms with Gasteiger partial charge in [0.2, 0.25) is 0 Å². The molecule has 3 N–H and O–H groups in total. The van der Waals surface area contributed by atoms with Gasteiger partial charge in [0, 0.05) is 31.0 Å². The lowest BCUT2D eigenvalue weighted by Gasteiger charge is -2.29. The first-order valence-electron chi connectivity index (χ1n) is 9.34. The van der Waals surface area contributed by atoms with Crippen molar-refractivity contribution < 1.29 is 14.4 Å². The summed E-state index contributed by atoms with van der Waals surface area (Å²) in [6, 6.07) is 7.58. The molecule has 5 heteroatoms. The summed E-state index contributed by atoms with van der Waals surface area (Å²) in [5.41, 5.74) is 8.33. The molecular formula is C22H30N2O3. The number of allylic oxidation sites excluding steroid dienone is 2. The maximum atomic E-state index is 11.6. The number of rotatable bonds is 2. The largest absolute Gasteiger partial charge is 0.397 e. The molecule has 1 aromatic rings. The van der Waals surface area contributed by atoms with Crippen LogP contribution in [-0.2, 0) is 14.4 Å². The van der Waals surface area contributed by atoms with Crippen molar-refractivity contribution >= 4 is 28.7 Å². The third kappa shape index (κ3) is 6.66. The van der Waals surface area contributed by atoms with Crippen LogP contribution in [0.15, 0.2) is 36.0 Å². The zero-order chi connectivity index (χ0) is 20.2. The smallest absolute Gasteiger partial charge is 0.157 e. The molecule has 1 aromatic carbocycles. The van der Waals surface area contributed by atoms with Gasteiger partial charge in [0.25, 0.3) is 0 Å². The monoisotopic (exact) mass is 370 g/mol. The molecule has 2 aliphatic rings. The minimum Gasteiger partial charge on any atom is -0.397 e. The van der Waals surface area contributed by atoms with Gasteiger partial charge < -0.3 is 11.1 Å². The molecule has 1 fully saturated rings. The molecule has 0 unspecified atom stereocenters. The van der Waals surface area contributed by atoms with Gasteiger partial charge in [-0.15, -0.1) is 0 Å². The van der Waals surface area contributed by atoms with Crippen LogP contribution >= 0.6 is 0 Å². The summed E-state index contributed by atoms with van der Waals surface area (Å²) in [6.45, 7) is 8.13. The van der Waals surface area contributed by atoms with Crippen molar-refractivity contribution in [1.29, 1.82) is 0 Å². The summed E-state index contributed by atoms with van der Waals surface area (Å²) in [5, 5.41) is 3.25. The van der Waals surface area contributed by atoms with E-state index in [2.05, 4.69) is 19.2 Å². The minimum absolute atomic E-state index is 0.0255. The predicted octanol–water partition coefficient (Wildman–Crippen LogP) is 4.29. The average molecular weight is 370 g/mol. The second-order valence-corrected chi connectivity index (χ2v) is 9.14. The number of hydrogen-bond acceptors (Lipinski definition) is 5. The van der Waals surface area contributed by atoms with Crippen molar-refractivity contribution in [3.8, 4) is 0 Å². The van der Waals surface area contributed by atoms with Crippen LogP contribution in [0.5, 0.6) is 0 Å². The Labute approximate surface area is 161 Å². The van der Waals surface area contributed by atoms with Crippen LogP contribution in [0.25, 0.3) is 0 Å². The molecule has 0 heterocycles. The van der Waals surface area contributed by atoms with E-state index in [0.717, 1.165) is 17.8 Å². The van der Waals surface area contributed by atoms with Crippen molar-refractivity contribution in [2.24, 2.45) is 10.8 Å². The maximum Gasteiger partial charge on any atom is 0.157 e. The number of Topliss-reactive ketones (excluding diaryl/α,β-unsaturated/α-hetero) is 2. The Bertz CT molecular complexity index is 758. The summed E-state index contributed by atoms with van der Waals surface area (Å²) >= 11 is 0. The quantitative estimate of drug-likeness (QED) is 0.599. The Hall–Kier alpha value is -2.43. The molecule has 27 heavy (non-hydrogen) atoms. The lowest BCUT2D eigenvalue weighted by Crippen LogP contribution is -2.28. The molecule has 0 aliphatic heterocycles. The van der Waals surface area contributed by atoms with Crippen molar-refractivity contribution in [2.45, 2.75) is 59.8 Å². The molecule has 0 atom stereocenters. The standard InChI is InChI=1S/C14H18N2O.C8H12O2/c1-14(2)8-10(7-11(17)9-14)16-13-6-4-3-5-12(13)15;1-8(2)4-6(9)3-7(10)5-8/h3-7,16H,8-9,15H2,1-2H3;3-5H2,1-2H3. The van der Waals surface area contributed by atoms with Crippen LogP contribution in [0.1, 0.15) is 59.8 Å². The van der Waals surface area contributed by atoms with Crippen molar-refractivity contribution in [3.63, 3.8) is 0 Å². The number of anilines is 2. The Morgan fingerprint density at radius 2 is 1.41 bits per heavy atom. The van der Waals surface area contributed by atoms with Gasteiger partial charge in [0.05, 0.1) is 17.8 Å². The first-order chi connectivity index (χ1) is 12.5. The molecule has 2 aliphatic carbocycles. The highest BCUT2D eigenvalue weighted by molar-refractivity contribution is 6.02. The predicted molar refractivity (Wildman–Crippen MR) is 108 cm³/mol. The van der Waals surface area contributed by atoms with E-state index < -0.39 is 0 Å². The number of ketones is 3. The fraction of sp³-hybridized carbons (Fsp3) is 0.500. The fourth-order valence-electron chi connectivity index (χ4n) is 3.69. The van der Waals surface area contributed by atoms with E-state index in [-0.39, 0.29) is 34.6 Å². The number of benzene rings is 1. The Kier molecular flexibility index (Phi) is 6.24. The number of hydrogen-bond donors (Lipinski definition) is 2. The van der Waals surface area contributed by atoms with E-state index in [1.54, 1.807) is 6.08 Å². The van der Waals surface area contributed by atoms with Gasteiger partial charge in [-0.3, -0.25) is 14.4 Å². The molecule has 0 amide bonds. The Balaban J connectivity index is 0.000000223. The highest BCUT2D eigenvalue weighted by atomic mass is 16.1. The first kappa shape index (κ1) is 20.9. The molecule has 146 valence electrons. The van der Waals surface area contributed by atoms with E-state index in [4.69, 9.17) is 5.73 Å². The lowest BCUT2D eigenvalue weighted by atomic mass is 9.76. The van der Waals surface area contributed by atoms with Gasteiger partial charge in [0.1, 0.15) is 11.6 Å². The third-order valence-corrected chi connectivity index (χ3v) is 4.66. The van der Waals surface area contributed by atoms with Crippen LogP contribution < -0.4 is 11.1 Å². The van der Waals surface area contributed by atoms with E-state index in [1.807, 2.05) is 38.1 Å². The van der Waals surface area contributed by atoms with Gasteiger partial charge in [-0.05, 0) is 29.4 Å². The number of carbonyl (C=O) groups is 3. The molecule has 5 nitrogen and oxygen atoms in total. The van der Waals surface area contributed by atoms with E-state index in [9.17, 15) is 14.4 Å². The summed E-state index contributed by atoms with van der Waals surface area (Å²) in [4.78, 5) is 33.4. The highest BCUT2D eigenvalue weighted by Gasteiger charge is 2.31. The van der Waals surface area contributed by atoms with Crippen LogP contribution in [0.3, 0.4) is 0 Å². The van der Waals surface area contributed by atoms with Gasteiger partial charge in [-0.2, -0.15) is 0 Å². The average Bonchev–Trinajstić information content (AvgIpc) is 2.45. The Morgan fingerprint density at radius 3 is 1.93 bits per heavy atom. The van der Waals surface area contributed by atoms with E-state index in [0.29, 0.717) is 24.9 Å². The van der Waals surface area contributed by atoms with Gasteiger partial charge in [-0.1, -0.05) is 39.8 Å². The molecule has 1 saturated carbocycles. The summed E-state index contributed by atoms with van der Waals surface area (Å²) in [6.07, 6.45) is 4.48. The molecule has 0 bridgehead atoms. The highest BCUT2D eigenvalue weighted by Crippen LogP contribution is 2.34. The Morgan fingerprint density at radius 1 is 0.852 bits per heavy atom. The summed E-state index contributed by atoms with van der Waals surface area (Å²) in [5.74, 6) is 0.376. The maximum absolute atomic E-state index is 11.6. The summed E-state index contributed by atoms with van der Waals surface area (Å²) < 4.78 is 0. The molecule has 0 spiro atoms. The first-order valence-corrected chi connectivity index (χ1v) is 9.34. The van der Waals surface area contributed by atoms with Crippen molar-refractivity contribution in [2.75, 3.05) is 11.1 Å². The van der Waals surface area contributed by atoms with Crippen molar-refractivity contribution in [3.05, 3.63) is 36.0 Å². The molecule has 0 aromatic heterocycles. The second-order valence-electron chi connectivity index (χ2n) is 9.14. The third-order valence-electron chi connectivity index (χ3n) is 4.66. The van der Waals surface area contributed by atoms with E-state index >= 15 is 0 Å². The van der Waals surface area contributed by atoms with Gasteiger partial charge in [-0.25, -0.2) is 0 Å². The zero-order valence-electron chi connectivity index (χ0n) is 16.7. The molecule has 3 rings (SSSR count). The van der Waals surface area contributed by atoms with Crippen LogP contribution in [0, 0.1) is 10.8 Å². The van der Waals surface area contributed by atoms with Crippen LogP contribution in [0.2, 0.25) is 0 Å². The SMILES string of the molecule is CC1(C)CC(=O)C=C(Nc2ccccc2N)C1.CC1(C)CC(=O)CC(=O)C1. The normalized spacial score (nSPS) is 21.0. The summed E-state index contributed by atoms with van der Waals surface area (Å²) in [7, 11) is 0. The number of carbonyl (C=O) groups excluding carboxylic acids is 3. The number of nitrogen functional groups attached to an aromatic ring is 1. The lowest BCUT2D eigenvalue weighted by molar-refractivity contribution is -0.133. The van der Waals surface area contributed by atoms with Crippen molar-refractivity contribution in [1.82, 2.24) is 0 Å². The fourth-order valence-corrected chi connectivity index (χ4v) is 3.69. The topological polar surface area (TPSA) is 89.3 Å². The number of nitrogens with two attached hydrogens (primary N) is 1. The number of para-hydroxylation sites is 2. The molecule has 0 saturated heterocycles. The van der Waals surface area contributed by atoms with E-state index in [1.165, 1.54) is 0 Å². The zero-order valence-corrected chi connectivity index (χ0v) is 16.7. The van der Waals surface area contributed by atoms with Crippen LogP contribution in [-0.4, -0.2) is 17.3 Å². The number of nitrogens with one attached hydrogen (secondary N) is 1.